The zero-order chi connectivity index (χ0) is 20.1. The topological polar surface area (TPSA) is 83.9 Å². The molecule has 1 aromatic carbocycles. The van der Waals surface area contributed by atoms with E-state index >= 15 is 0 Å². The first-order valence-corrected chi connectivity index (χ1v) is 10.8. The SMILES string of the molecule is CCc1cc(CC)c(C(=O)C(=O)N(C)N=C(C)CS(C)(=O)=O)c(CC)c1. The lowest BCUT2D eigenvalue weighted by Crippen LogP contribution is -2.32. The Balaban J connectivity index is 3.23. The molecule has 6 nitrogen and oxygen atoms in total. The first-order chi connectivity index (χ1) is 12.0. The van der Waals surface area contributed by atoms with Crippen molar-refractivity contribution >= 4 is 27.2 Å². The van der Waals surface area contributed by atoms with Gasteiger partial charge in [-0.25, -0.2) is 13.4 Å². The van der Waals surface area contributed by atoms with Crippen LogP contribution in [-0.4, -0.2) is 49.9 Å². The van der Waals surface area contributed by atoms with Gasteiger partial charge in [0.25, 0.3) is 5.78 Å². The molecule has 1 rings (SSSR count). The second kappa shape index (κ2) is 9.07. The number of likely N-dealkylation sites (N-methyl/N-ethyl adjacent to an activating group) is 1. The van der Waals surface area contributed by atoms with Gasteiger partial charge in [-0.3, -0.25) is 9.59 Å². The van der Waals surface area contributed by atoms with Crippen LogP contribution in [0.2, 0.25) is 0 Å². The normalized spacial score (nSPS) is 12.2. The summed E-state index contributed by atoms with van der Waals surface area (Å²) in [5, 5.41) is 4.88. The molecule has 0 radical (unpaired) electrons. The summed E-state index contributed by atoms with van der Waals surface area (Å²) in [4.78, 5) is 25.4. The molecule has 0 saturated carbocycles. The number of benzene rings is 1. The van der Waals surface area contributed by atoms with Gasteiger partial charge in [0.15, 0.2) is 9.84 Å². The van der Waals surface area contributed by atoms with Crippen molar-refractivity contribution in [3.05, 3.63) is 34.4 Å². The molecule has 0 spiro atoms. The third kappa shape index (κ3) is 5.76. The largest absolute Gasteiger partial charge is 0.314 e. The van der Waals surface area contributed by atoms with Crippen LogP contribution in [0.4, 0.5) is 0 Å². The van der Waals surface area contributed by atoms with E-state index in [9.17, 15) is 18.0 Å². The Kier molecular flexibility index (Phi) is 7.68. The van der Waals surface area contributed by atoms with Gasteiger partial charge in [0.05, 0.1) is 11.5 Å². The predicted molar refractivity (Wildman–Crippen MR) is 104 cm³/mol. The number of hydrazone groups is 1. The highest BCUT2D eigenvalue weighted by Gasteiger charge is 2.25. The van der Waals surface area contributed by atoms with Crippen molar-refractivity contribution in [3.63, 3.8) is 0 Å². The van der Waals surface area contributed by atoms with Crippen molar-refractivity contribution in [2.24, 2.45) is 5.10 Å². The number of Topliss-reactive ketones (excluding diaryl/α,β-unsaturated/α-hetero) is 1. The third-order valence-corrected chi connectivity index (χ3v) is 4.98. The second-order valence-corrected chi connectivity index (χ2v) is 8.55. The second-order valence-electron chi connectivity index (χ2n) is 6.41. The quantitative estimate of drug-likeness (QED) is 0.300. The number of rotatable bonds is 8. The fraction of sp³-hybridized carbons (Fsp3) is 0.526. The molecule has 0 aliphatic carbocycles. The molecule has 144 valence electrons. The fourth-order valence-corrected chi connectivity index (χ4v) is 3.67. The van der Waals surface area contributed by atoms with Gasteiger partial charge in [-0.05, 0) is 42.9 Å². The average Bonchev–Trinajstić information content (AvgIpc) is 2.57. The standard InChI is InChI=1S/C19H28N2O4S/c1-7-14-10-15(8-2)17(16(9-3)11-14)18(22)19(23)21(5)20-13(4)12-26(6,24)25/h10-11H,7-9,12H2,1-6H3. The highest BCUT2D eigenvalue weighted by molar-refractivity contribution is 7.91. The molecule has 7 heteroatoms. The van der Waals surface area contributed by atoms with Crippen LogP contribution in [0.15, 0.2) is 17.2 Å². The van der Waals surface area contributed by atoms with E-state index in [-0.39, 0.29) is 11.5 Å². The number of carbonyl (C=O) groups is 2. The van der Waals surface area contributed by atoms with Crippen molar-refractivity contribution < 1.29 is 18.0 Å². The van der Waals surface area contributed by atoms with Gasteiger partial charge < -0.3 is 0 Å². The number of hydrogen-bond donors (Lipinski definition) is 0. The summed E-state index contributed by atoms with van der Waals surface area (Å²) in [5.74, 6) is -1.64. The van der Waals surface area contributed by atoms with Crippen LogP contribution in [0, 0.1) is 0 Å². The number of carbonyl (C=O) groups excluding carboxylic acids is 2. The van der Waals surface area contributed by atoms with Gasteiger partial charge in [0.1, 0.15) is 0 Å². The maximum Gasteiger partial charge on any atom is 0.314 e. The number of aryl methyl sites for hydroxylation is 3. The number of ketones is 1. The number of nitrogens with zero attached hydrogens (tertiary/aromatic N) is 2. The van der Waals surface area contributed by atoms with Gasteiger partial charge in [0.2, 0.25) is 0 Å². The molecular weight excluding hydrogens is 352 g/mol. The van der Waals surface area contributed by atoms with Crippen LogP contribution >= 0.6 is 0 Å². The maximum absolute atomic E-state index is 12.8. The van der Waals surface area contributed by atoms with Crippen LogP contribution in [0.5, 0.6) is 0 Å². The Morgan fingerprint density at radius 1 is 1.04 bits per heavy atom. The molecule has 0 aliphatic rings. The average molecular weight is 381 g/mol. The van der Waals surface area contributed by atoms with E-state index < -0.39 is 21.5 Å². The summed E-state index contributed by atoms with van der Waals surface area (Å²) in [7, 11) is -1.89. The molecule has 26 heavy (non-hydrogen) atoms. The van der Waals surface area contributed by atoms with Gasteiger partial charge in [-0.2, -0.15) is 5.10 Å². The highest BCUT2D eigenvalue weighted by Crippen LogP contribution is 2.21. The summed E-state index contributed by atoms with van der Waals surface area (Å²) in [6, 6.07) is 3.94. The van der Waals surface area contributed by atoms with Crippen LogP contribution < -0.4 is 0 Å². The van der Waals surface area contributed by atoms with E-state index in [4.69, 9.17) is 0 Å². The molecule has 0 unspecified atom stereocenters. The highest BCUT2D eigenvalue weighted by atomic mass is 32.2. The van der Waals surface area contributed by atoms with Crippen LogP contribution in [-0.2, 0) is 33.9 Å². The Hall–Kier alpha value is -2.02. The molecule has 0 fully saturated rings. The molecule has 0 aromatic heterocycles. The minimum Gasteiger partial charge on any atom is -0.283 e. The fourth-order valence-electron chi connectivity index (χ4n) is 2.86. The molecule has 0 atom stereocenters. The molecule has 1 amide bonds. The summed E-state index contributed by atoms with van der Waals surface area (Å²) >= 11 is 0. The maximum atomic E-state index is 12.8. The summed E-state index contributed by atoms with van der Waals surface area (Å²) in [6.45, 7) is 7.47. The van der Waals surface area contributed by atoms with Gasteiger partial charge >= 0.3 is 5.91 Å². The Bertz CT molecular complexity index is 801. The van der Waals surface area contributed by atoms with Crippen LogP contribution in [0.25, 0.3) is 0 Å². The first kappa shape index (κ1) is 22.0. The smallest absolute Gasteiger partial charge is 0.283 e. The van der Waals surface area contributed by atoms with Crippen LogP contribution in [0.3, 0.4) is 0 Å². The summed E-state index contributed by atoms with van der Waals surface area (Å²) in [6.07, 6.45) is 3.25. The van der Waals surface area contributed by atoms with Crippen molar-refractivity contribution in [1.29, 1.82) is 0 Å². The first-order valence-electron chi connectivity index (χ1n) is 8.72. The minimum absolute atomic E-state index is 0.254. The number of sulfone groups is 1. The van der Waals surface area contributed by atoms with E-state index in [0.29, 0.717) is 18.4 Å². The molecule has 1 aromatic rings. The zero-order valence-corrected chi connectivity index (χ0v) is 17.2. The summed E-state index contributed by atoms with van der Waals surface area (Å²) in [5.41, 5.74) is 3.54. The zero-order valence-electron chi connectivity index (χ0n) is 16.4. The summed E-state index contributed by atoms with van der Waals surface area (Å²) < 4.78 is 22.6. The van der Waals surface area contributed by atoms with E-state index in [1.165, 1.54) is 14.0 Å². The van der Waals surface area contributed by atoms with Crippen molar-refractivity contribution in [2.45, 2.75) is 47.0 Å². The van der Waals surface area contributed by atoms with Gasteiger partial charge in [0, 0.05) is 18.9 Å². The van der Waals surface area contributed by atoms with Crippen molar-refractivity contribution in [3.8, 4) is 0 Å². The molecule has 0 heterocycles. The number of amides is 1. The van der Waals surface area contributed by atoms with Crippen molar-refractivity contribution in [2.75, 3.05) is 19.1 Å². The minimum atomic E-state index is -3.25. The lowest BCUT2D eigenvalue weighted by Gasteiger charge is -2.17. The molecule has 0 N–H and O–H groups in total. The molecular formula is C19H28N2O4S. The van der Waals surface area contributed by atoms with E-state index in [1.54, 1.807) is 0 Å². The van der Waals surface area contributed by atoms with Gasteiger partial charge in [-0.15, -0.1) is 0 Å². The molecule has 0 aliphatic heterocycles. The third-order valence-electron chi connectivity index (χ3n) is 4.04. The number of hydrogen-bond acceptors (Lipinski definition) is 5. The Morgan fingerprint density at radius 3 is 1.92 bits per heavy atom. The Morgan fingerprint density at radius 2 is 1.54 bits per heavy atom. The monoisotopic (exact) mass is 380 g/mol. The van der Waals surface area contributed by atoms with Gasteiger partial charge in [-0.1, -0.05) is 32.9 Å². The lowest BCUT2D eigenvalue weighted by atomic mass is 9.91. The lowest BCUT2D eigenvalue weighted by molar-refractivity contribution is -0.125. The Labute approximate surface area is 156 Å². The van der Waals surface area contributed by atoms with Crippen LogP contribution in [0.1, 0.15) is 54.7 Å². The van der Waals surface area contributed by atoms with E-state index in [2.05, 4.69) is 5.10 Å². The molecule has 0 bridgehead atoms. The predicted octanol–water partition coefficient (Wildman–Crippen LogP) is 2.44. The van der Waals surface area contributed by atoms with E-state index in [0.717, 1.165) is 34.4 Å². The molecule has 0 saturated heterocycles. The van der Waals surface area contributed by atoms with E-state index in [1.807, 2.05) is 32.9 Å². The van der Waals surface area contributed by atoms with Crippen molar-refractivity contribution in [1.82, 2.24) is 5.01 Å².